The van der Waals surface area contributed by atoms with Gasteiger partial charge in [-0.1, -0.05) is 11.6 Å². The number of esters is 1. The number of nitrogens with zero attached hydrogens (tertiary/aromatic N) is 2. The fraction of sp³-hybridized carbons (Fsp3) is 0.318. The molecule has 3 aromatic rings. The Balaban J connectivity index is 1.32. The number of carbonyl (C=O) groups is 1. The van der Waals surface area contributed by atoms with Crippen LogP contribution in [0.3, 0.4) is 0 Å². The molecule has 8 heteroatoms. The van der Waals surface area contributed by atoms with E-state index in [0.717, 1.165) is 19.4 Å². The van der Waals surface area contributed by atoms with Crippen LogP contribution in [-0.2, 0) is 14.3 Å². The van der Waals surface area contributed by atoms with Gasteiger partial charge in [0.25, 0.3) is 0 Å². The minimum absolute atomic E-state index is 0.00669. The van der Waals surface area contributed by atoms with E-state index in [1.54, 1.807) is 49.4 Å². The zero-order valence-corrected chi connectivity index (χ0v) is 17.2. The van der Waals surface area contributed by atoms with Crippen LogP contribution in [0, 0.1) is 0 Å². The van der Waals surface area contributed by atoms with Crippen LogP contribution in [0.2, 0.25) is 5.02 Å². The summed E-state index contributed by atoms with van der Waals surface area (Å²) in [5.74, 6) is 1.05. The van der Waals surface area contributed by atoms with Gasteiger partial charge >= 0.3 is 5.97 Å². The maximum Gasteiger partial charge on any atom is 0.347 e. The summed E-state index contributed by atoms with van der Waals surface area (Å²) in [6, 6.07) is 12.2. The number of hydrogen-bond acceptors (Lipinski definition) is 7. The van der Waals surface area contributed by atoms with E-state index in [1.165, 1.54) is 6.20 Å². The minimum atomic E-state index is -0.726. The summed E-state index contributed by atoms with van der Waals surface area (Å²) in [4.78, 5) is 20.8. The van der Waals surface area contributed by atoms with Crippen LogP contribution in [0.4, 0.5) is 0 Å². The Morgan fingerprint density at radius 2 is 2.00 bits per heavy atom. The highest BCUT2D eigenvalue weighted by molar-refractivity contribution is 6.31. The Hall–Kier alpha value is -2.90. The van der Waals surface area contributed by atoms with Gasteiger partial charge in [-0.2, -0.15) is 0 Å². The molecule has 30 heavy (non-hydrogen) atoms. The molecule has 0 amide bonds. The molecule has 0 saturated carbocycles. The second-order valence-electron chi connectivity index (χ2n) is 6.94. The van der Waals surface area contributed by atoms with Crippen LogP contribution < -0.4 is 9.47 Å². The first kappa shape index (κ1) is 20.4. The number of aromatic nitrogens is 2. The number of hydrogen-bond donors (Lipinski definition) is 0. The van der Waals surface area contributed by atoms with Gasteiger partial charge < -0.3 is 18.9 Å². The van der Waals surface area contributed by atoms with Crippen molar-refractivity contribution in [1.82, 2.24) is 9.97 Å². The number of rotatable bonds is 7. The van der Waals surface area contributed by atoms with Crippen molar-refractivity contribution in [1.29, 1.82) is 0 Å². The van der Waals surface area contributed by atoms with Crippen LogP contribution in [0.1, 0.15) is 19.8 Å². The molecule has 2 heterocycles. The van der Waals surface area contributed by atoms with E-state index in [4.69, 9.17) is 30.5 Å². The van der Waals surface area contributed by atoms with Crippen molar-refractivity contribution in [3.8, 4) is 17.4 Å². The normalized spacial score (nSPS) is 16.9. The van der Waals surface area contributed by atoms with Crippen LogP contribution >= 0.6 is 11.6 Å². The highest BCUT2D eigenvalue weighted by atomic mass is 35.5. The van der Waals surface area contributed by atoms with E-state index < -0.39 is 12.1 Å². The van der Waals surface area contributed by atoms with E-state index in [-0.39, 0.29) is 12.7 Å². The van der Waals surface area contributed by atoms with Crippen molar-refractivity contribution in [3.05, 3.63) is 53.7 Å². The molecule has 2 aromatic carbocycles. The average Bonchev–Trinajstić information content (AvgIpc) is 3.27. The summed E-state index contributed by atoms with van der Waals surface area (Å²) in [7, 11) is 0. The van der Waals surface area contributed by atoms with Crippen molar-refractivity contribution < 1.29 is 23.7 Å². The standard InChI is InChI=1S/C22H21ClN2O5/c1-14(22(26)28-13-18-3-2-10-27-18)29-16-5-7-17(8-6-16)30-21-12-24-20-11-15(23)4-9-19(20)25-21/h4-9,11-12,14,18H,2-3,10,13H2,1H3/t14-,18?/m1/s1. The molecule has 156 valence electrons. The zero-order valence-electron chi connectivity index (χ0n) is 16.4. The van der Waals surface area contributed by atoms with Crippen LogP contribution in [0.5, 0.6) is 17.4 Å². The second kappa shape index (κ2) is 9.28. The van der Waals surface area contributed by atoms with Gasteiger partial charge in [0.15, 0.2) is 6.10 Å². The Bertz CT molecular complexity index is 1020. The molecule has 0 radical (unpaired) electrons. The third-order valence-corrected chi connectivity index (χ3v) is 4.84. The third-order valence-electron chi connectivity index (χ3n) is 4.61. The SMILES string of the molecule is C[C@@H](Oc1ccc(Oc2cnc3cc(Cl)ccc3n2)cc1)C(=O)OCC1CCCO1. The quantitative estimate of drug-likeness (QED) is 0.510. The summed E-state index contributed by atoms with van der Waals surface area (Å²) in [6.45, 7) is 2.64. The molecule has 0 spiro atoms. The summed E-state index contributed by atoms with van der Waals surface area (Å²) in [5, 5.41) is 0.603. The van der Waals surface area contributed by atoms with Gasteiger partial charge in [0.2, 0.25) is 5.88 Å². The zero-order chi connectivity index (χ0) is 20.9. The van der Waals surface area contributed by atoms with E-state index >= 15 is 0 Å². The topological polar surface area (TPSA) is 79.8 Å². The first-order chi connectivity index (χ1) is 14.6. The largest absolute Gasteiger partial charge is 0.479 e. The molecule has 1 unspecified atom stereocenters. The fourth-order valence-corrected chi connectivity index (χ4v) is 3.21. The van der Waals surface area contributed by atoms with Crippen LogP contribution in [-0.4, -0.2) is 41.4 Å². The van der Waals surface area contributed by atoms with Crippen molar-refractivity contribution in [2.24, 2.45) is 0 Å². The van der Waals surface area contributed by atoms with Crippen molar-refractivity contribution in [2.45, 2.75) is 32.0 Å². The monoisotopic (exact) mass is 428 g/mol. The lowest BCUT2D eigenvalue weighted by molar-refractivity contribution is -0.154. The van der Waals surface area contributed by atoms with Gasteiger partial charge in [-0.05, 0) is 62.2 Å². The molecule has 0 aliphatic carbocycles. The highest BCUT2D eigenvalue weighted by Crippen LogP contribution is 2.25. The summed E-state index contributed by atoms with van der Waals surface area (Å²) >= 11 is 5.96. The number of ether oxygens (including phenoxy) is 4. The lowest BCUT2D eigenvalue weighted by Crippen LogP contribution is -2.29. The van der Waals surface area contributed by atoms with Crippen LogP contribution in [0.25, 0.3) is 11.0 Å². The Labute approximate surface area is 178 Å². The van der Waals surface area contributed by atoms with Crippen molar-refractivity contribution in [2.75, 3.05) is 13.2 Å². The molecule has 7 nitrogen and oxygen atoms in total. The first-order valence-corrected chi connectivity index (χ1v) is 10.1. The molecule has 1 fully saturated rings. The lowest BCUT2D eigenvalue weighted by Gasteiger charge is -2.16. The van der Waals surface area contributed by atoms with Gasteiger partial charge in [-0.25, -0.2) is 14.8 Å². The molecule has 1 aliphatic rings. The van der Waals surface area contributed by atoms with Gasteiger partial charge in [0.1, 0.15) is 18.1 Å². The van der Waals surface area contributed by atoms with Crippen molar-refractivity contribution >= 4 is 28.6 Å². The van der Waals surface area contributed by atoms with Gasteiger partial charge in [0.05, 0.1) is 23.3 Å². The molecule has 0 bridgehead atoms. The molecule has 1 saturated heterocycles. The Morgan fingerprint density at radius 1 is 1.20 bits per heavy atom. The minimum Gasteiger partial charge on any atom is -0.479 e. The van der Waals surface area contributed by atoms with Gasteiger partial charge in [-0.15, -0.1) is 0 Å². The molecule has 0 N–H and O–H groups in total. The Kier molecular flexibility index (Phi) is 6.30. The number of carbonyl (C=O) groups excluding carboxylic acids is 1. The van der Waals surface area contributed by atoms with Gasteiger partial charge in [-0.3, -0.25) is 0 Å². The lowest BCUT2D eigenvalue weighted by atomic mass is 10.2. The molecule has 1 aromatic heterocycles. The van der Waals surface area contributed by atoms with E-state index in [0.29, 0.717) is 33.4 Å². The van der Waals surface area contributed by atoms with E-state index in [1.807, 2.05) is 0 Å². The molecular weight excluding hydrogens is 408 g/mol. The summed E-state index contributed by atoms with van der Waals surface area (Å²) in [5.41, 5.74) is 1.38. The molecule has 1 aliphatic heterocycles. The second-order valence-corrected chi connectivity index (χ2v) is 7.38. The van der Waals surface area contributed by atoms with E-state index in [2.05, 4.69) is 9.97 Å². The maximum atomic E-state index is 12.1. The predicted molar refractivity (Wildman–Crippen MR) is 111 cm³/mol. The molecule has 4 rings (SSSR count). The van der Waals surface area contributed by atoms with Crippen molar-refractivity contribution in [3.63, 3.8) is 0 Å². The molecule has 2 atom stereocenters. The Morgan fingerprint density at radius 3 is 2.77 bits per heavy atom. The number of benzene rings is 2. The average molecular weight is 429 g/mol. The third kappa shape index (κ3) is 5.17. The van der Waals surface area contributed by atoms with E-state index in [9.17, 15) is 4.79 Å². The van der Waals surface area contributed by atoms with Crippen LogP contribution in [0.15, 0.2) is 48.7 Å². The fourth-order valence-electron chi connectivity index (χ4n) is 3.04. The predicted octanol–water partition coefficient (Wildman–Crippen LogP) is 4.57. The number of halogens is 1. The molecular formula is C22H21ClN2O5. The smallest absolute Gasteiger partial charge is 0.347 e. The summed E-state index contributed by atoms with van der Waals surface area (Å²) < 4.78 is 22.1. The highest BCUT2D eigenvalue weighted by Gasteiger charge is 2.21. The maximum absolute atomic E-state index is 12.1. The first-order valence-electron chi connectivity index (χ1n) is 9.72. The van der Waals surface area contributed by atoms with Gasteiger partial charge in [0, 0.05) is 11.6 Å². The summed E-state index contributed by atoms with van der Waals surface area (Å²) in [6.07, 6.45) is 2.72. The number of fused-ring (bicyclic) bond motifs is 1.